The molecule has 4 N–H and O–H groups in total. The van der Waals surface area contributed by atoms with Gasteiger partial charge in [0, 0.05) is 12.6 Å². The number of urea groups is 1. The molecule has 3 amide bonds. The van der Waals surface area contributed by atoms with Crippen LogP contribution in [0.5, 0.6) is 0 Å². The maximum absolute atomic E-state index is 12.4. The number of nitrogens with two attached hydrogens (primary N) is 1. The normalized spacial score (nSPS) is 13.3. The zero-order chi connectivity index (χ0) is 15.7. The van der Waals surface area contributed by atoms with Gasteiger partial charge in [-0.3, -0.25) is 9.59 Å². The molecule has 0 aliphatic rings. The topological polar surface area (TPSA) is 113 Å². The summed E-state index contributed by atoms with van der Waals surface area (Å²) in [4.78, 5) is 35.6. The molecule has 0 radical (unpaired) electrons. The van der Waals surface area contributed by atoms with E-state index in [9.17, 15) is 14.4 Å². The number of hydrogen-bond donors (Lipinski definition) is 3. The SMILES string of the molecule is CCN(C(=O)C(CCSC)NC(N)=O)C(C)CC(=O)O. The Balaban J connectivity index is 4.87. The van der Waals surface area contributed by atoms with E-state index in [1.165, 1.54) is 4.90 Å². The summed E-state index contributed by atoms with van der Waals surface area (Å²) in [6, 6.07) is -1.90. The fraction of sp³-hybridized carbons (Fsp3) is 0.750. The summed E-state index contributed by atoms with van der Waals surface area (Å²) in [5.74, 6) is -0.567. The minimum absolute atomic E-state index is 0.134. The van der Waals surface area contributed by atoms with E-state index < -0.39 is 24.1 Å². The van der Waals surface area contributed by atoms with Gasteiger partial charge >= 0.3 is 12.0 Å². The fourth-order valence-electron chi connectivity index (χ4n) is 1.91. The van der Waals surface area contributed by atoms with E-state index in [1.807, 2.05) is 6.26 Å². The number of carboxylic acid groups (broad SMARTS) is 1. The lowest BCUT2D eigenvalue weighted by Gasteiger charge is -2.31. The Morgan fingerprint density at radius 2 is 2.00 bits per heavy atom. The van der Waals surface area contributed by atoms with E-state index in [0.29, 0.717) is 18.7 Å². The summed E-state index contributed by atoms with van der Waals surface area (Å²) in [6.07, 6.45) is 2.22. The molecule has 0 aliphatic heterocycles. The van der Waals surface area contributed by atoms with E-state index in [1.54, 1.807) is 25.6 Å². The van der Waals surface area contributed by atoms with Crippen molar-refractivity contribution in [2.75, 3.05) is 18.6 Å². The van der Waals surface area contributed by atoms with Crippen molar-refractivity contribution in [3.8, 4) is 0 Å². The van der Waals surface area contributed by atoms with Gasteiger partial charge in [-0.1, -0.05) is 0 Å². The summed E-state index contributed by atoms with van der Waals surface area (Å²) in [7, 11) is 0. The second-order valence-electron chi connectivity index (χ2n) is 4.41. The zero-order valence-corrected chi connectivity index (χ0v) is 12.9. The zero-order valence-electron chi connectivity index (χ0n) is 12.1. The first-order valence-electron chi connectivity index (χ1n) is 6.40. The van der Waals surface area contributed by atoms with Crippen molar-refractivity contribution in [1.29, 1.82) is 0 Å². The maximum Gasteiger partial charge on any atom is 0.312 e. The van der Waals surface area contributed by atoms with Gasteiger partial charge in [0.25, 0.3) is 0 Å². The third-order valence-electron chi connectivity index (χ3n) is 2.85. The fourth-order valence-corrected chi connectivity index (χ4v) is 2.38. The largest absolute Gasteiger partial charge is 0.481 e. The highest BCUT2D eigenvalue weighted by Gasteiger charge is 2.28. The Bertz CT molecular complexity index is 352. The van der Waals surface area contributed by atoms with Gasteiger partial charge in [-0.2, -0.15) is 11.8 Å². The van der Waals surface area contributed by atoms with Gasteiger partial charge in [0.2, 0.25) is 5.91 Å². The number of thioether (sulfide) groups is 1. The predicted octanol–water partition coefficient (Wildman–Crippen LogP) is 0.488. The van der Waals surface area contributed by atoms with Crippen LogP contribution in [0, 0.1) is 0 Å². The van der Waals surface area contributed by atoms with Crippen LogP contribution < -0.4 is 11.1 Å². The van der Waals surface area contributed by atoms with E-state index in [2.05, 4.69) is 5.32 Å². The molecule has 0 saturated heterocycles. The molecule has 0 aromatic carbocycles. The smallest absolute Gasteiger partial charge is 0.312 e. The number of carboxylic acids is 1. The molecule has 0 spiro atoms. The number of likely N-dealkylation sites (N-methyl/N-ethyl adjacent to an activating group) is 1. The number of carbonyl (C=O) groups is 3. The highest BCUT2D eigenvalue weighted by molar-refractivity contribution is 7.98. The minimum Gasteiger partial charge on any atom is -0.481 e. The monoisotopic (exact) mass is 305 g/mol. The van der Waals surface area contributed by atoms with Crippen molar-refractivity contribution in [2.45, 2.75) is 38.8 Å². The first-order valence-corrected chi connectivity index (χ1v) is 7.80. The van der Waals surface area contributed by atoms with Gasteiger partial charge in [0.05, 0.1) is 6.42 Å². The molecular weight excluding hydrogens is 282 g/mol. The third-order valence-corrected chi connectivity index (χ3v) is 3.50. The molecule has 0 aliphatic carbocycles. The van der Waals surface area contributed by atoms with Crippen LogP contribution in [0.3, 0.4) is 0 Å². The molecule has 0 aromatic heterocycles. The lowest BCUT2D eigenvalue weighted by molar-refractivity contribution is -0.141. The van der Waals surface area contributed by atoms with Gasteiger partial charge in [0.15, 0.2) is 0 Å². The van der Waals surface area contributed by atoms with Crippen molar-refractivity contribution >= 4 is 29.7 Å². The molecule has 2 unspecified atom stereocenters. The molecule has 116 valence electrons. The van der Waals surface area contributed by atoms with Crippen molar-refractivity contribution < 1.29 is 19.5 Å². The molecule has 2 atom stereocenters. The predicted molar refractivity (Wildman–Crippen MR) is 78.6 cm³/mol. The molecule has 0 fully saturated rings. The molecule has 0 rings (SSSR count). The van der Waals surface area contributed by atoms with Crippen LogP contribution in [0.2, 0.25) is 0 Å². The first kappa shape index (κ1) is 18.6. The molecular formula is C12H23N3O4S. The average molecular weight is 305 g/mol. The molecule has 0 heterocycles. The first-order chi connectivity index (χ1) is 9.33. The number of rotatable bonds is 9. The summed E-state index contributed by atoms with van der Waals surface area (Å²) in [6.45, 7) is 3.82. The van der Waals surface area contributed by atoms with Crippen molar-refractivity contribution in [3.05, 3.63) is 0 Å². The minimum atomic E-state index is -0.965. The standard InChI is InChI=1S/C12H23N3O4S/c1-4-15(8(2)7-10(16)17)11(18)9(5-6-20-3)14-12(13)19/h8-9H,4-7H2,1-3H3,(H,16,17)(H3,13,14,19). The van der Waals surface area contributed by atoms with Crippen molar-refractivity contribution in [1.82, 2.24) is 10.2 Å². The van der Waals surface area contributed by atoms with Crippen LogP contribution in [0.1, 0.15) is 26.7 Å². The molecule has 0 saturated carbocycles. The van der Waals surface area contributed by atoms with Crippen LogP contribution in [0.4, 0.5) is 4.79 Å². The maximum atomic E-state index is 12.4. The van der Waals surface area contributed by atoms with Crippen LogP contribution in [-0.4, -0.2) is 58.6 Å². The van der Waals surface area contributed by atoms with E-state index >= 15 is 0 Å². The number of carbonyl (C=O) groups excluding carboxylic acids is 2. The Morgan fingerprint density at radius 1 is 1.40 bits per heavy atom. The molecule has 7 nitrogen and oxygen atoms in total. The Hall–Kier alpha value is -1.44. The summed E-state index contributed by atoms with van der Waals surface area (Å²) >= 11 is 1.56. The number of hydrogen-bond acceptors (Lipinski definition) is 4. The van der Waals surface area contributed by atoms with E-state index in [4.69, 9.17) is 10.8 Å². The average Bonchev–Trinajstić information content (AvgIpc) is 2.33. The van der Waals surface area contributed by atoms with Crippen molar-refractivity contribution in [2.24, 2.45) is 5.73 Å². The Labute approximate surface area is 123 Å². The quantitative estimate of drug-likeness (QED) is 0.574. The van der Waals surface area contributed by atoms with Crippen LogP contribution in [0.15, 0.2) is 0 Å². The number of aliphatic carboxylic acids is 1. The molecule has 8 heteroatoms. The molecule has 0 bridgehead atoms. The summed E-state index contributed by atoms with van der Waals surface area (Å²) in [5.41, 5.74) is 5.08. The Kier molecular flexibility index (Phi) is 8.78. The van der Waals surface area contributed by atoms with E-state index in [0.717, 1.165) is 0 Å². The number of primary amides is 1. The number of amides is 3. The van der Waals surface area contributed by atoms with Crippen LogP contribution in [-0.2, 0) is 9.59 Å². The van der Waals surface area contributed by atoms with Gasteiger partial charge in [-0.05, 0) is 32.3 Å². The lowest BCUT2D eigenvalue weighted by Crippen LogP contribution is -2.52. The van der Waals surface area contributed by atoms with Gasteiger partial charge in [0.1, 0.15) is 6.04 Å². The Morgan fingerprint density at radius 3 is 2.40 bits per heavy atom. The van der Waals surface area contributed by atoms with Crippen LogP contribution >= 0.6 is 11.8 Å². The highest BCUT2D eigenvalue weighted by atomic mass is 32.2. The molecule has 20 heavy (non-hydrogen) atoms. The lowest BCUT2D eigenvalue weighted by atomic mass is 10.1. The second kappa shape index (κ2) is 9.46. The van der Waals surface area contributed by atoms with Gasteiger partial charge in [-0.25, -0.2) is 4.79 Å². The summed E-state index contributed by atoms with van der Waals surface area (Å²) < 4.78 is 0. The number of nitrogens with zero attached hydrogens (tertiary/aromatic N) is 1. The second-order valence-corrected chi connectivity index (χ2v) is 5.40. The number of nitrogens with one attached hydrogen (secondary N) is 1. The summed E-state index contributed by atoms with van der Waals surface area (Å²) in [5, 5.41) is 11.2. The van der Waals surface area contributed by atoms with Gasteiger partial charge in [-0.15, -0.1) is 0 Å². The van der Waals surface area contributed by atoms with Crippen molar-refractivity contribution in [3.63, 3.8) is 0 Å². The van der Waals surface area contributed by atoms with Crippen LogP contribution in [0.25, 0.3) is 0 Å². The third kappa shape index (κ3) is 6.65. The molecule has 0 aromatic rings. The highest BCUT2D eigenvalue weighted by Crippen LogP contribution is 2.10. The van der Waals surface area contributed by atoms with Gasteiger partial charge < -0.3 is 21.1 Å². The van der Waals surface area contributed by atoms with E-state index in [-0.39, 0.29) is 12.3 Å².